The largest absolute Gasteiger partial charge is 0.483 e. The van der Waals surface area contributed by atoms with Gasteiger partial charge in [0, 0.05) is 13.6 Å². The highest BCUT2D eigenvalue weighted by atomic mass is 79.9. The van der Waals surface area contributed by atoms with E-state index in [0.29, 0.717) is 18.7 Å². The quantitative estimate of drug-likeness (QED) is 0.499. The fourth-order valence-corrected chi connectivity index (χ4v) is 4.13. The van der Waals surface area contributed by atoms with E-state index in [4.69, 9.17) is 4.74 Å². The van der Waals surface area contributed by atoms with Crippen molar-refractivity contribution in [1.29, 1.82) is 0 Å². The topological polar surface area (TPSA) is 58.6 Å². The van der Waals surface area contributed by atoms with E-state index in [9.17, 15) is 9.59 Å². The Morgan fingerprint density at radius 1 is 1.06 bits per heavy atom. The Morgan fingerprint density at radius 3 is 2.45 bits per heavy atom. The van der Waals surface area contributed by atoms with Crippen molar-refractivity contribution in [3.63, 3.8) is 0 Å². The van der Waals surface area contributed by atoms with Crippen LogP contribution in [0.5, 0.6) is 5.75 Å². The van der Waals surface area contributed by atoms with Crippen molar-refractivity contribution in [2.75, 3.05) is 13.7 Å². The molecule has 5 nitrogen and oxygen atoms in total. The second kappa shape index (κ2) is 10.4. The normalized spacial score (nSPS) is 11.7. The summed E-state index contributed by atoms with van der Waals surface area (Å²) in [5.74, 6) is 0.168. The van der Waals surface area contributed by atoms with E-state index in [2.05, 4.69) is 21.2 Å². The predicted octanol–water partition coefficient (Wildman–Crippen LogP) is 4.84. The number of likely N-dealkylation sites (N-methyl/N-ethyl adjacent to an activating group) is 1. The van der Waals surface area contributed by atoms with Gasteiger partial charge >= 0.3 is 0 Å². The first-order valence-electron chi connectivity index (χ1n) is 10.3. The highest BCUT2D eigenvalue weighted by Gasteiger charge is 2.28. The molecule has 0 aliphatic rings. The lowest BCUT2D eigenvalue weighted by molar-refractivity contribution is -0.142. The molecule has 1 N–H and O–H groups in total. The minimum absolute atomic E-state index is 0.156. The molecule has 1 atom stereocenters. The van der Waals surface area contributed by atoms with Gasteiger partial charge in [0.1, 0.15) is 11.8 Å². The standard InChI is InChI=1S/C25H27BrN2O3/c1-4-21(25(30)27-3)28(15-18-11-9-17(2)10-12-18)23(29)16-31-22-14-13-19-7-5-6-8-20(19)24(22)26/h5-14,21H,4,15-16H2,1-3H3,(H,27,30)/t21-/m1/s1. The second-order valence-corrected chi connectivity index (χ2v) is 8.23. The van der Waals surface area contributed by atoms with Gasteiger partial charge in [-0.2, -0.15) is 0 Å². The summed E-state index contributed by atoms with van der Waals surface area (Å²) < 4.78 is 6.69. The lowest BCUT2D eigenvalue weighted by atomic mass is 10.1. The number of fused-ring (bicyclic) bond motifs is 1. The van der Waals surface area contributed by atoms with Crippen LogP contribution in [-0.4, -0.2) is 36.4 Å². The number of halogens is 1. The molecule has 162 valence electrons. The van der Waals surface area contributed by atoms with Gasteiger partial charge in [-0.3, -0.25) is 9.59 Å². The van der Waals surface area contributed by atoms with Crippen LogP contribution in [-0.2, 0) is 16.1 Å². The number of hydrogen-bond donors (Lipinski definition) is 1. The van der Waals surface area contributed by atoms with Gasteiger partial charge in [0.15, 0.2) is 6.61 Å². The summed E-state index contributed by atoms with van der Waals surface area (Å²) in [6, 6.07) is 19.2. The first-order chi connectivity index (χ1) is 14.9. The van der Waals surface area contributed by atoms with Gasteiger partial charge in [0.2, 0.25) is 5.91 Å². The molecule has 0 fully saturated rings. The zero-order chi connectivity index (χ0) is 22.4. The number of benzene rings is 3. The Kier molecular flexibility index (Phi) is 7.69. The monoisotopic (exact) mass is 482 g/mol. The van der Waals surface area contributed by atoms with Crippen LogP contribution in [0.25, 0.3) is 10.8 Å². The van der Waals surface area contributed by atoms with E-state index in [1.807, 2.05) is 74.5 Å². The molecular formula is C25H27BrN2O3. The fourth-order valence-electron chi connectivity index (χ4n) is 3.52. The average molecular weight is 483 g/mol. The lowest BCUT2D eigenvalue weighted by Crippen LogP contribution is -2.49. The van der Waals surface area contributed by atoms with Crippen LogP contribution in [0, 0.1) is 6.92 Å². The van der Waals surface area contributed by atoms with E-state index in [0.717, 1.165) is 26.4 Å². The molecule has 0 spiro atoms. The Morgan fingerprint density at radius 2 is 1.77 bits per heavy atom. The maximum Gasteiger partial charge on any atom is 0.261 e. The van der Waals surface area contributed by atoms with Crippen molar-refractivity contribution in [2.24, 2.45) is 0 Å². The van der Waals surface area contributed by atoms with Crippen molar-refractivity contribution in [3.8, 4) is 5.75 Å². The van der Waals surface area contributed by atoms with Crippen LogP contribution < -0.4 is 10.1 Å². The van der Waals surface area contributed by atoms with E-state index in [-0.39, 0.29) is 18.4 Å². The van der Waals surface area contributed by atoms with Crippen molar-refractivity contribution in [3.05, 3.63) is 76.3 Å². The Labute approximate surface area is 191 Å². The van der Waals surface area contributed by atoms with Crippen LogP contribution in [0.3, 0.4) is 0 Å². The highest BCUT2D eigenvalue weighted by molar-refractivity contribution is 9.10. The smallest absolute Gasteiger partial charge is 0.261 e. The molecule has 2 amide bonds. The second-order valence-electron chi connectivity index (χ2n) is 7.43. The average Bonchev–Trinajstić information content (AvgIpc) is 2.79. The first-order valence-corrected chi connectivity index (χ1v) is 11.1. The van der Waals surface area contributed by atoms with E-state index < -0.39 is 6.04 Å². The number of rotatable bonds is 8. The molecule has 0 heterocycles. The van der Waals surface area contributed by atoms with Gasteiger partial charge in [-0.1, -0.05) is 67.1 Å². The minimum Gasteiger partial charge on any atom is -0.483 e. The third-order valence-electron chi connectivity index (χ3n) is 5.28. The number of hydrogen-bond acceptors (Lipinski definition) is 3. The molecular weight excluding hydrogens is 456 g/mol. The summed E-state index contributed by atoms with van der Waals surface area (Å²) in [6.07, 6.45) is 0.511. The van der Waals surface area contributed by atoms with Crippen LogP contribution in [0.2, 0.25) is 0 Å². The van der Waals surface area contributed by atoms with Gasteiger partial charge in [-0.15, -0.1) is 0 Å². The third kappa shape index (κ3) is 5.44. The summed E-state index contributed by atoms with van der Waals surface area (Å²) in [5.41, 5.74) is 2.11. The number of amides is 2. The van der Waals surface area contributed by atoms with E-state index in [1.165, 1.54) is 0 Å². The van der Waals surface area contributed by atoms with Gasteiger partial charge < -0.3 is 15.0 Å². The minimum atomic E-state index is -0.567. The third-order valence-corrected chi connectivity index (χ3v) is 6.10. The SMILES string of the molecule is CC[C@H](C(=O)NC)N(Cc1ccc(C)cc1)C(=O)COc1ccc2ccccc2c1Br. The maximum atomic E-state index is 13.2. The molecule has 0 saturated carbocycles. The summed E-state index contributed by atoms with van der Waals surface area (Å²) in [5, 5.41) is 4.77. The molecule has 0 bridgehead atoms. The van der Waals surface area contributed by atoms with Crippen LogP contribution in [0.4, 0.5) is 0 Å². The van der Waals surface area contributed by atoms with Crippen LogP contribution >= 0.6 is 15.9 Å². The first kappa shape index (κ1) is 22.8. The molecule has 0 aliphatic heterocycles. The zero-order valence-corrected chi connectivity index (χ0v) is 19.6. The number of aryl methyl sites for hydroxylation is 1. The van der Waals surface area contributed by atoms with Crippen LogP contribution in [0.15, 0.2) is 65.1 Å². The lowest BCUT2D eigenvalue weighted by Gasteiger charge is -2.30. The fraction of sp³-hybridized carbons (Fsp3) is 0.280. The molecule has 0 aromatic heterocycles. The van der Waals surface area contributed by atoms with Crippen LogP contribution in [0.1, 0.15) is 24.5 Å². The van der Waals surface area contributed by atoms with E-state index >= 15 is 0 Å². The number of nitrogens with zero attached hydrogens (tertiary/aromatic N) is 1. The molecule has 0 saturated heterocycles. The van der Waals surface area contributed by atoms with Gasteiger partial charge in [-0.25, -0.2) is 0 Å². The van der Waals surface area contributed by atoms with Gasteiger partial charge in [0.05, 0.1) is 4.47 Å². The van der Waals surface area contributed by atoms with Gasteiger partial charge in [-0.05, 0) is 51.7 Å². The number of ether oxygens (including phenoxy) is 1. The molecule has 0 aliphatic carbocycles. The van der Waals surface area contributed by atoms with E-state index in [1.54, 1.807) is 11.9 Å². The maximum absolute atomic E-state index is 13.2. The summed E-state index contributed by atoms with van der Waals surface area (Å²) >= 11 is 3.59. The Bertz CT molecular complexity index is 1070. The highest BCUT2D eigenvalue weighted by Crippen LogP contribution is 2.33. The van der Waals surface area contributed by atoms with Crippen molar-refractivity contribution in [2.45, 2.75) is 32.9 Å². The summed E-state index contributed by atoms with van der Waals surface area (Å²) in [6.45, 7) is 4.10. The predicted molar refractivity (Wildman–Crippen MR) is 127 cm³/mol. The summed E-state index contributed by atoms with van der Waals surface area (Å²) in [7, 11) is 1.59. The Hall–Kier alpha value is -2.86. The number of nitrogens with one attached hydrogen (secondary N) is 1. The molecule has 6 heteroatoms. The zero-order valence-electron chi connectivity index (χ0n) is 18.0. The molecule has 0 radical (unpaired) electrons. The number of carbonyl (C=O) groups excluding carboxylic acids is 2. The molecule has 31 heavy (non-hydrogen) atoms. The van der Waals surface area contributed by atoms with Gasteiger partial charge in [0.25, 0.3) is 5.91 Å². The molecule has 3 rings (SSSR count). The molecule has 3 aromatic rings. The van der Waals surface area contributed by atoms with Crippen molar-refractivity contribution >= 4 is 38.5 Å². The molecule has 0 unspecified atom stereocenters. The Balaban J connectivity index is 1.81. The molecule has 3 aromatic carbocycles. The van der Waals surface area contributed by atoms with Crippen molar-refractivity contribution < 1.29 is 14.3 Å². The number of carbonyl (C=O) groups is 2. The summed E-state index contributed by atoms with van der Waals surface area (Å²) in [4.78, 5) is 27.2. The van der Waals surface area contributed by atoms with Crippen molar-refractivity contribution in [1.82, 2.24) is 10.2 Å².